The quantitative estimate of drug-likeness (QED) is 0.733. The Morgan fingerprint density at radius 1 is 1.00 bits per heavy atom. The first-order chi connectivity index (χ1) is 9.81. The summed E-state index contributed by atoms with van der Waals surface area (Å²) in [6.45, 7) is 1.46. The lowest BCUT2D eigenvalue weighted by molar-refractivity contribution is 0.297. The average molecular weight is 351 g/mol. The molecule has 1 aliphatic rings. The summed E-state index contributed by atoms with van der Waals surface area (Å²) in [6, 6.07) is 14.6. The summed E-state index contributed by atoms with van der Waals surface area (Å²) in [5.41, 5.74) is 1.30. The highest BCUT2D eigenvalue weighted by Gasteiger charge is 2.10. The van der Waals surface area contributed by atoms with Crippen LogP contribution in [-0.4, -0.2) is 13.2 Å². The van der Waals surface area contributed by atoms with Crippen LogP contribution >= 0.6 is 27.7 Å². The standard InChI is InChI=1S/C16H15BrO2S/c17-13-4-1-3-12(9-13)11-20-14-5-6-15-16(10-14)19-8-2-7-18-15/h1,3-6,9-10H,2,7-8,11H2. The number of benzene rings is 2. The van der Waals surface area contributed by atoms with Gasteiger partial charge >= 0.3 is 0 Å². The van der Waals surface area contributed by atoms with Gasteiger partial charge in [0.1, 0.15) is 0 Å². The van der Waals surface area contributed by atoms with Crippen molar-refractivity contribution in [3.63, 3.8) is 0 Å². The number of ether oxygens (including phenoxy) is 2. The van der Waals surface area contributed by atoms with Crippen LogP contribution in [0.25, 0.3) is 0 Å². The summed E-state index contributed by atoms with van der Waals surface area (Å²) < 4.78 is 12.5. The number of fused-ring (bicyclic) bond motifs is 1. The van der Waals surface area contributed by atoms with Crippen molar-refractivity contribution >= 4 is 27.7 Å². The minimum atomic E-state index is 0.729. The highest BCUT2D eigenvalue weighted by molar-refractivity contribution is 9.10. The van der Waals surface area contributed by atoms with Crippen molar-refractivity contribution in [3.8, 4) is 11.5 Å². The topological polar surface area (TPSA) is 18.5 Å². The number of halogens is 1. The van der Waals surface area contributed by atoms with Crippen LogP contribution in [0.15, 0.2) is 51.8 Å². The summed E-state index contributed by atoms with van der Waals surface area (Å²) in [4.78, 5) is 1.20. The number of rotatable bonds is 3. The van der Waals surface area contributed by atoms with Gasteiger partial charge in [-0.2, -0.15) is 0 Å². The number of thioether (sulfide) groups is 1. The third-order valence-electron chi connectivity index (χ3n) is 3.01. The first kappa shape index (κ1) is 13.8. The van der Waals surface area contributed by atoms with Crippen LogP contribution in [0.2, 0.25) is 0 Å². The zero-order valence-electron chi connectivity index (χ0n) is 11.0. The maximum atomic E-state index is 5.71. The van der Waals surface area contributed by atoms with Gasteiger partial charge in [-0.15, -0.1) is 11.8 Å². The van der Waals surface area contributed by atoms with Gasteiger partial charge in [0.05, 0.1) is 13.2 Å². The Labute approximate surface area is 131 Å². The molecule has 1 heterocycles. The molecule has 104 valence electrons. The molecule has 4 heteroatoms. The van der Waals surface area contributed by atoms with E-state index in [9.17, 15) is 0 Å². The second-order valence-electron chi connectivity index (χ2n) is 4.58. The molecule has 2 aromatic rings. The van der Waals surface area contributed by atoms with Crippen molar-refractivity contribution in [2.75, 3.05) is 13.2 Å². The summed E-state index contributed by atoms with van der Waals surface area (Å²) in [5.74, 6) is 2.66. The largest absolute Gasteiger partial charge is 0.490 e. The first-order valence-corrected chi connectivity index (χ1v) is 8.36. The molecule has 2 nitrogen and oxygen atoms in total. The van der Waals surface area contributed by atoms with E-state index >= 15 is 0 Å². The SMILES string of the molecule is Brc1cccc(CSc2ccc3c(c2)OCCCO3)c1. The smallest absolute Gasteiger partial charge is 0.162 e. The molecule has 2 aromatic carbocycles. The van der Waals surface area contributed by atoms with E-state index in [-0.39, 0.29) is 0 Å². The maximum Gasteiger partial charge on any atom is 0.162 e. The fourth-order valence-electron chi connectivity index (χ4n) is 2.03. The molecule has 0 saturated carbocycles. The molecular formula is C16H15BrO2S. The van der Waals surface area contributed by atoms with Crippen LogP contribution in [0, 0.1) is 0 Å². The van der Waals surface area contributed by atoms with E-state index in [4.69, 9.17) is 9.47 Å². The fraction of sp³-hybridized carbons (Fsp3) is 0.250. The van der Waals surface area contributed by atoms with Crippen LogP contribution in [0.3, 0.4) is 0 Å². The van der Waals surface area contributed by atoms with E-state index in [1.807, 2.05) is 12.1 Å². The summed E-state index contributed by atoms with van der Waals surface area (Å²) in [6.07, 6.45) is 0.940. The van der Waals surface area contributed by atoms with E-state index in [1.165, 1.54) is 10.5 Å². The molecule has 0 amide bonds. The van der Waals surface area contributed by atoms with Gasteiger partial charge < -0.3 is 9.47 Å². The van der Waals surface area contributed by atoms with Crippen LogP contribution in [0.4, 0.5) is 0 Å². The predicted molar refractivity (Wildman–Crippen MR) is 85.8 cm³/mol. The van der Waals surface area contributed by atoms with E-state index in [0.29, 0.717) is 0 Å². The second-order valence-corrected chi connectivity index (χ2v) is 6.54. The predicted octanol–water partition coefficient (Wildman–Crippen LogP) is 4.90. The van der Waals surface area contributed by atoms with Crippen molar-refractivity contribution in [2.24, 2.45) is 0 Å². The Balaban J connectivity index is 1.70. The van der Waals surface area contributed by atoms with Crippen molar-refractivity contribution < 1.29 is 9.47 Å². The van der Waals surface area contributed by atoms with Crippen molar-refractivity contribution in [1.82, 2.24) is 0 Å². The molecule has 0 fully saturated rings. The van der Waals surface area contributed by atoms with Gasteiger partial charge in [0.25, 0.3) is 0 Å². The second kappa shape index (κ2) is 6.55. The molecule has 0 radical (unpaired) electrons. The van der Waals surface area contributed by atoms with E-state index in [2.05, 4.69) is 46.3 Å². The van der Waals surface area contributed by atoms with Crippen molar-refractivity contribution in [1.29, 1.82) is 0 Å². The molecular weight excluding hydrogens is 336 g/mol. The minimum Gasteiger partial charge on any atom is -0.490 e. The van der Waals surface area contributed by atoms with E-state index < -0.39 is 0 Å². The van der Waals surface area contributed by atoms with Crippen LogP contribution in [0.5, 0.6) is 11.5 Å². The van der Waals surface area contributed by atoms with Crippen LogP contribution in [0.1, 0.15) is 12.0 Å². The highest BCUT2D eigenvalue weighted by atomic mass is 79.9. The molecule has 3 rings (SSSR count). The zero-order chi connectivity index (χ0) is 13.8. The summed E-state index contributed by atoms with van der Waals surface area (Å²) in [7, 11) is 0. The van der Waals surface area contributed by atoms with Gasteiger partial charge in [-0.25, -0.2) is 0 Å². The molecule has 0 spiro atoms. The fourth-order valence-corrected chi connectivity index (χ4v) is 3.34. The van der Waals surface area contributed by atoms with E-state index in [1.54, 1.807) is 11.8 Å². The van der Waals surface area contributed by atoms with Gasteiger partial charge in [-0.3, -0.25) is 0 Å². The summed E-state index contributed by atoms with van der Waals surface area (Å²) >= 11 is 5.31. The lowest BCUT2D eigenvalue weighted by Crippen LogP contribution is -1.97. The Hall–Kier alpha value is -1.13. The van der Waals surface area contributed by atoms with Gasteiger partial charge in [0, 0.05) is 21.5 Å². The monoisotopic (exact) mass is 350 g/mol. The van der Waals surface area contributed by atoms with E-state index in [0.717, 1.165) is 41.4 Å². The van der Waals surface area contributed by atoms with Crippen LogP contribution in [-0.2, 0) is 5.75 Å². The Kier molecular flexibility index (Phi) is 4.53. The lowest BCUT2D eigenvalue weighted by atomic mass is 10.2. The number of hydrogen-bond acceptors (Lipinski definition) is 3. The van der Waals surface area contributed by atoms with Crippen LogP contribution < -0.4 is 9.47 Å². The first-order valence-electron chi connectivity index (χ1n) is 6.58. The molecule has 0 aliphatic carbocycles. The minimum absolute atomic E-state index is 0.729. The molecule has 0 atom stereocenters. The Morgan fingerprint density at radius 3 is 2.70 bits per heavy atom. The molecule has 0 N–H and O–H groups in total. The normalized spacial score (nSPS) is 13.8. The molecule has 20 heavy (non-hydrogen) atoms. The third-order valence-corrected chi connectivity index (χ3v) is 4.57. The third kappa shape index (κ3) is 3.49. The highest BCUT2D eigenvalue weighted by Crippen LogP contribution is 2.35. The lowest BCUT2D eigenvalue weighted by Gasteiger charge is -2.09. The average Bonchev–Trinajstić information content (AvgIpc) is 2.70. The van der Waals surface area contributed by atoms with Gasteiger partial charge in [-0.05, 0) is 35.9 Å². The maximum absolute atomic E-state index is 5.71. The Bertz CT molecular complexity index is 601. The molecule has 1 aliphatic heterocycles. The van der Waals surface area contributed by atoms with Gasteiger partial charge in [0.15, 0.2) is 11.5 Å². The molecule has 0 aromatic heterocycles. The Morgan fingerprint density at radius 2 is 1.85 bits per heavy atom. The summed E-state index contributed by atoms with van der Waals surface area (Å²) in [5, 5.41) is 0. The van der Waals surface area contributed by atoms with Crippen molar-refractivity contribution in [2.45, 2.75) is 17.1 Å². The number of hydrogen-bond donors (Lipinski definition) is 0. The van der Waals surface area contributed by atoms with Crippen molar-refractivity contribution in [3.05, 3.63) is 52.5 Å². The zero-order valence-corrected chi connectivity index (χ0v) is 13.4. The molecule has 0 unspecified atom stereocenters. The van der Waals surface area contributed by atoms with Gasteiger partial charge in [-0.1, -0.05) is 28.1 Å². The molecule has 0 bridgehead atoms. The molecule has 0 saturated heterocycles. The van der Waals surface area contributed by atoms with Gasteiger partial charge in [0.2, 0.25) is 0 Å².